The van der Waals surface area contributed by atoms with Gasteiger partial charge in [0.2, 0.25) is 0 Å². The van der Waals surface area contributed by atoms with Gasteiger partial charge < -0.3 is 124 Å². The molecule has 4 saturated heterocycles. The van der Waals surface area contributed by atoms with Crippen molar-refractivity contribution in [2.24, 2.45) is 17.8 Å². The Hall–Kier alpha value is -1.49. The SMILES string of the molecule is COC1OC(CO)C(OC2OC(CO)C(OC)C(OC3OC(CO)C(O)C(OC4CC(CO)C(O)C(OC5(OC=O)CC(O)C(C)C(C(O)CCO)O5)C4O)C3C)C2O)C(O)C1O.O. The second kappa shape index (κ2) is 24.2. The van der Waals surface area contributed by atoms with Gasteiger partial charge in [0.15, 0.2) is 18.9 Å². The van der Waals surface area contributed by atoms with Crippen LogP contribution in [0.2, 0.25) is 0 Å². The van der Waals surface area contributed by atoms with Crippen LogP contribution in [0.25, 0.3) is 0 Å². The van der Waals surface area contributed by atoms with Gasteiger partial charge in [0, 0.05) is 45.2 Å². The fraction of sp³-hybridized carbons (Fsp3) is 0.974. The first kappa shape index (κ1) is 55.1. The number of rotatable bonds is 19. The Morgan fingerprint density at radius 3 is 1.83 bits per heavy atom. The zero-order valence-electron chi connectivity index (χ0n) is 35.8. The van der Waals surface area contributed by atoms with Crippen LogP contribution in [0.4, 0.5) is 0 Å². The lowest BCUT2D eigenvalue weighted by Crippen LogP contribution is -2.67. The van der Waals surface area contributed by atoms with Crippen LogP contribution in [0.5, 0.6) is 0 Å². The van der Waals surface area contributed by atoms with Crippen LogP contribution in [0.15, 0.2) is 0 Å². The van der Waals surface area contributed by atoms with Crippen LogP contribution >= 0.6 is 0 Å². The van der Waals surface area contributed by atoms with Crippen molar-refractivity contribution in [3.05, 3.63) is 0 Å². The van der Waals surface area contributed by atoms with Gasteiger partial charge in [-0.1, -0.05) is 13.8 Å². The summed E-state index contributed by atoms with van der Waals surface area (Å²) >= 11 is 0. The molecule has 0 aromatic heterocycles. The number of carbonyl (C=O) groups is 1. The summed E-state index contributed by atoms with van der Waals surface area (Å²) in [5, 5.41) is 140. The molecular weight excluding hydrogens is 872 g/mol. The van der Waals surface area contributed by atoms with E-state index in [-0.39, 0.29) is 24.8 Å². The van der Waals surface area contributed by atoms with E-state index in [0.29, 0.717) is 0 Å². The summed E-state index contributed by atoms with van der Waals surface area (Å²) in [5.41, 5.74) is 0. The predicted octanol–water partition coefficient (Wildman–Crippen LogP) is -7.95. The Kier molecular flexibility index (Phi) is 20.8. The highest BCUT2D eigenvalue weighted by atomic mass is 16.9. The average Bonchev–Trinajstić information content (AvgIpc) is 3.26. The highest BCUT2D eigenvalue weighted by Gasteiger charge is 2.58. The maximum absolute atomic E-state index is 11.8. The van der Waals surface area contributed by atoms with Gasteiger partial charge in [-0.05, 0) is 12.8 Å². The van der Waals surface area contributed by atoms with E-state index in [1.807, 2.05) is 0 Å². The van der Waals surface area contributed by atoms with Crippen molar-refractivity contribution in [2.75, 3.05) is 47.3 Å². The third-order valence-electron chi connectivity index (χ3n) is 12.7. The lowest BCUT2D eigenvalue weighted by atomic mass is 9.80. The molecule has 64 heavy (non-hydrogen) atoms. The number of carbonyl (C=O) groups excluding carboxylic acids is 1. The summed E-state index contributed by atoms with van der Waals surface area (Å²) in [6, 6.07) is 0. The third kappa shape index (κ3) is 11.5. The van der Waals surface area contributed by atoms with Gasteiger partial charge >= 0.3 is 5.97 Å². The molecule has 4 heterocycles. The Morgan fingerprint density at radius 2 is 1.25 bits per heavy atom. The van der Waals surface area contributed by atoms with Gasteiger partial charge in [0.05, 0.1) is 62.9 Å². The molecule has 26 heteroatoms. The number of aliphatic hydroxyl groups is 13. The maximum atomic E-state index is 11.8. The molecule has 1 saturated carbocycles. The highest BCUT2D eigenvalue weighted by Crippen LogP contribution is 2.42. The zero-order chi connectivity index (χ0) is 46.5. The second-order valence-electron chi connectivity index (χ2n) is 16.7. The predicted molar refractivity (Wildman–Crippen MR) is 205 cm³/mol. The van der Waals surface area contributed by atoms with E-state index in [9.17, 15) is 71.2 Å². The van der Waals surface area contributed by atoms with Crippen molar-refractivity contribution >= 4 is 6.47 Å². The molecule has 0 amide bonds. The average molecular weight is 941 g/mol. The van der Waals surface area contributed by atoms with Crippen molar-refractivity contribution < 1.29 is 129 Å². The number of hydrogen-bond donors (Lipinski definition) is 13. The van der Waals surface area contributed by atoms with Crippen LogP contribution in [0.3, 0.4) is 0 Å². The minimum absolute atomic E-state index is 0. The first-order chi connectivity index (χ1) is 30.0. The largest absolute Gasteiger partial charge is 0.412 e. The molecule has 0 radical (unpaired) electrons. The summed E-state index contributed by atoms with van der Waals surface area (Å²) in [7, 11) is 2.44. The molecule has 4 aliphatic heterocycles. The molecule has 26 nitrogen and oxygen atoms in total. The van der Waals surface area contributed by atoms with E-state index >= 15 is 0 Å². The molecule has 25 atom stereocenters. The standard InChI is InChI=1S/C38H66O25.H2O/c1-14-18(46)8-38(55-13-44,62-29(14)17(45)5-6-39)63-33-23(47)16(9-40)7-19(24(33)48)56-30-15(2)35(57-20(10-41)25(30)49)61-34-28(52)37(59-22(12-43)32(34)53-3)60-31-21(11-42)58-36(54-4)27(51)26(31)50;/h13-37,39-43,45-52H,5-12H2,1-4H3;1H2. The fourth-order valence-electron chi connectivity index (χ4n) is 9.01. The molecule has 0 aromatic carbocycles. The Balaban J connectivity index is 0.00000898. The molecule has 0 aromatic rings. The molecule has 0 spiro atoms. The molecule has 15 N–H and O–H groups in total. The van der Waals surface area contributed by atoms with Gasteiger partial charge in [-0.25, -0.2) is 0 Å². The van der Waals surface area contributed by atoms with Gasteiger partial charge in [-0.2, -0.15) is 0 Å². The Morgan fingerprint density at radius 1 is 0.641 bits per heavy atom. The van der Waals surface area contributed by atoms with E-state index in [2.05, 4.69) is 0 Å². The Labute approximate surface area is 367 Å². The number of aliphatic hydroxyl groups excluding tert-OH is 13. The summed E-state index contributed by atoms with van der Waals surface area (Å²) < 4.78 is 63.4. The molecule has 5 rings (SSSR count). The molecule has 1 aliphatic carbocycles. The zero-order valence-corrected chi connectivity index (χ0v) is 35.8. The van der Waals surface area contributed by atoms with Crippen molar-refractivity contribution in [2.45, 2.75) is 168 Å². The van der Waals surface area contributed by atoms with Gasteiger partial charge in [-0.3, -0.25) is 4.79 Å². The number of methoxy groups -OCH3 is 2. The third-order valence-corrected chi connectivity index (χ3v) is 12.7. The minimum atomic E-state index is -2.50. The Bertz CT molecular complexity index is 1390. The number of hydrogen-bond acceptors (Lipinski definition) is 25. The van der Waals surface area contributed by atoms with E-state index in [1.165, 1.54) is 28.1 Å². The van der Waals surface area contributed by atoms with Crippen molar-refractivity contribution in [1.29, 1.82) is 0 Å². The normalized spacial score (nSPS) is 48.2. The summed E-state index contributed by atoms with van der Waals surface area (Å²) in [5.74, 6) is -5.41. The van der Waals surface area contributed by atoms with Gasteiger partial charge in [0.1, 0.15) is 73.2 Å². The lowest BCUT2D eigenvalue weighted by molar-refractivity contribution is -0.437. The lowest BCUT2D eigenvalue weighted by Gasteiger charge is -2.51. The first-order valence-electron chi connectivity index (χ1n) is 20.9. The smallest absolute Gasteiger partial charge is 0.332 e. The molecule has 376 valence electrons. The van der Waals surface area contributed by atoms with E-state index in [0.717, 1.165) is 0 Å². The van der Waals surface area contributed by atoms with E-state index in [4.69, 9.17) is 52.1 Å². The van der Waals surface area contributed by atoms with E-state index in [1.54, 1.807) is 0 Å². The molecule has 5 aliphatic rings. The highest BCUT2D eigenvalue weighted by molar-refractivity contribution is 5.37. The molecule has 5 fully saturated rings. The van der Waals surface area contributed by atoms with Crippen LogP contribution in [0, 0.1) is 17.8 Å². The summed E-state index contributed by atoms with van der Waals surface area (Å²) in [6.45, 7) is -0.416. The quantitative estimate of drug-likeness (QED) is 0.0422. The van der Waals surface area contributed by atoms with E-state index < -0.39 is 192 Å². The van der Waals surface area contributed by atoms with Crippen molar-refractivity contribution in [3.8, 4) is 0 Å². The van der Waals surface area contributed by atoms with Crippen LogP contribution < -0.4 is 0 Å². The van der Waals surface area contributed by atoms with Gasteiger partial charge in [0.25, 0.3) is 6.47 Å². The topological polar surface area (TPSA) is 413 Å². The molecule has 25 unspecified atom stereocenters. The first-order valence-corrected chi connectivity index (χ1v) is 20.9. The maximum Gasteiger partial charge on any atom is 0.332 e. The minimum Gasteiger partial charge on any atom is -0.412 e. The summed E-state index contributed by atoms with van der Waals surface area (Å²) in [6.07, 6.45) is -32.7. The van der Waals surface area contributed by atoms with Crippen LogP contribution in [-0.2, 0) is 56.9 Å². The molecular formula is C38H68O26. The fourth-order valence-corrected chi connectivity index (χ4v) is 9.01. The van der Waals surface area contributed by atoms with Gasteiger partial charge in [-0.15, -0.1) is 0 Å². The van der Waals surface area contributed by atoms with Crippen molar-refractivity contribution in [1.82, 2.24) is 0 Å². The van der Waals surface area contributed by atoms with Crippen molar-refractivity contribution in [3.63, 3.8) is 0 Å². The molecule has 0 bridgehead atoms. The van der Waals surface area contributed by atoms with Crippen LogP contribution in [-0.4, -0.2) is 260 Å². The summed E-state index contributed by atoms with van der Waals surface area (Å²) in [4.78, 5) is 11.8. The monoisotopic (exact) mass is 940 g/mol. The van der Waals surface area contributed by atoms with Crippen LogP contribution in [0.1, 0.15) is 33.1 Å². The second-order valence-corrected chi connectivity index (χ2v) is 16.7. The number of ether oxygens (including phenoxy) is 11.